The molecule has 0 fully saturated rings. The van der Waals surface area contributed by atoms with E-state index in [0.29, 0.717) is 11.1 Å². The summed E-state index contributed by atoms with van der Waals surface area (Å²) in [6.45, 7) is 0. The highest BCUT2D eigenvalue weighted by molar-refractivity contribution is 6.01. The first-order chi connectivity index (χ1) is 18.5. The molecule has 0 aliphatic carbocycles. The van der Waals surface area contributed by atoms with Gasteiger partial charge in [-0.05, 0) is 59.7 Å². The average Bonchev–Trinajstić information content (AvgIpc) is 2.91. The number of aromatic nitrogens is 1. The Morgan fingerprint density at radius 2 is 0.897 bits per heavy atom. The minimum atomic E-state index is -1.44. The van der Waals surface area contributed by atoms with E-state index in [1.54, 1.807) is 6.07 Å². The number of hydrogen-bond donors (Lipinski definition) is 5. The molecule has 0 aliphatic heterocycles. The Kier molecular flexibility index (Phi) is 6.90. The number of carboxylic acids is 5. The summed E-state index contributed by atoms with van der Waals surface area (Å²) in [5.74, 6) is -6.76. The van der Waals surface area contributed by atoms with Gasteiger partial charge in [-0.25, -0.2) is 29.0 Å². The standard InChI is InChI=1S/C28H17NO10/c30-24(31)14-3-1-2-13(8-14)17-11-22(18-6-4-15(25(32)33)9-20(18)27(36)37)29-23(12-17)19-7-5-16(26(34)35)10-21(19)28(38)39/h1-12H,(H,30,31)(H,32,33)(H,34,35)(H,36,37)(H,38,39). The molecular formula is C28H17NO10. The molecule has 0 spiro atoms. The van der Waals surface area contributed by atoms with Crippen molar-refractivity contribution in [3.05, 3.63) is 101 Å². The van der Waals surface area contributed by atoms with Crippen molar-refractivity contribution in [3.63, 3.8) is 0 Å². The van der Waals surface area contributed by atoms with E-state index in [1.165, 1.54) is 54.6 Å². The Morgan fingerprint density at radius 3 is 1.31 bits per heavy atom. The van der Waals surface area contributed by atoms with Gasteiger partial charge in [0.1, 0.15) is 0 Å². The Balaban J connectivity index is 2.05. The molecule has 194 valence electrons. The van der Waals surface area contributed by atoms with Crippen LogP contribution < -0.4 is 0 Å². The molecule has 4 rings (SSSR count). The van der Waals surface area contributed by atoms with Crippen LogP contribution in [-0.4, -0.2) is 60.4 Å². The molecule has 4 aromatic rings. The summed E-state index contributed by atoms with van der Waals surface area (Å²) in [7, 11) is 0. The molecule has 1 heterocycles. The molecule has 0 unspecified atom stereocenters. The summed E-state index contributed by atoms with van der Waals surface area (Å²) in [6.07, 6.45) is 0. The molecule has 3 aromatic carbocycles. The van der Waals surface area contributed by atoms with E-state index in [-0.39, 0.29) is 50.3 Å². The second kappa shape index (κ2) is 10.3. The average molecular weight is 527 g/mol. The van der Waals surface area contributed by atoms with Crippen molar-refractivity contribution in [1.29, 1.82) is 0 Å². The van der Waals surface area contributed by atoms with Gasteiger partial charge in [0.15, 0.2) is 0 Å². The van der Waals surface area contributed by atoms with Crippen molar-refractivity contribution in [2.24, 2.45) is 0 Å². The maximum absolute atomic E-state index is 12.0. The SMILES string of the molecule is O=C(O)c1cccc(-c2cc(-c3ccc(C(=O)O)cc3C(=O)O)nc(-c3ccc(C(=O)O)cc3C(=O)O)c2)c1. The van der Waals surface area contributed by atoms with Gasteiger partial charge in [-0.2, -0.15) is 0 Å². The zero-order valence-corrected chi connectivity index (χ0v) is 19.7. The lowest BCUT2D eigenvalue weighted by Gasteiger charge is -2.14. The second-order valence-electron chi connectivity index (χ2n) is 8.25. The molecule has 0 amide bonds. The number of benzene rings is 3. The van der Waals surface area contributed by atoms with E-state index in [4.69, 9.17) is 0 Å². The van der Waals surface area contributed by atoms with Crippen LogP contribution in [0.1, 0.15) is 51.8 Å². The molecule has 39 heavy (non-hydrogen) atoms. The summed E-state index contributed by atoms with van der Waals surface area (Å²) in [4.78, 5) is 62.9. The topological polar surface area (TPSA) is 199 Å². The second-order valence-corrected chi connectivity index (χ2v) is 8.25. The molecule has 0 saturated carbocycles. The van der Waals surface area contributed by atoms with Crippen molar-refractivity contribution in [3.8, 4) is 33.6 Å². The summed E-state index contributed by atoms with van der Waals surface area (Å²) < 4.78 is 0. The number of hydrogen-bond acceptors (Lipinski definition) is 6. The predicted molar refractivity (Wildman–Crippen MR) is 135 cm³/mol. The molecule has 1 aromatic heterocycles. The number of aromatic carboxylic acids is 5. The molecule has 5 N–H and O–H groups in total. The summed E-state index contributed by atoms with van der Waals surface area (Å²) in [5, 5.41) is 47.6. The fraction of sp³-hybridized carbons (Fsp3) is 0. The molecular weight excluding hydrogens is 510 g/mol. The van der Waals surface area contributed by atoms with Gasteiger partial charge in [0.05, 0.1) is 39.2 Å². The Labute approximate surface area is 218 Å². The van der Waals surface area contributed by atoms with Gasteiger partial charge in [-0.3, -0.25) is 0 Å². The van der Waals surface area contributed by atoms with Crippen LogP contribution in [0, 0.1) is 0 Å². The van der Waals surface area contributed by atoms with Gasteiger partial charge in [0.2, 0.25) is 0 Å². The lowest BCUT2D eigenvalue weighted by atomic mass is 9.94. The molecule has 0 bridgehead atoms. The predicted octanol–water partition coefficient (Wildman–Crippen LogP) is 4.57. The normalized spacial score (nSPS) is 10.6. The Bertz CT molecular complexity index is 1610. The number of carbonyl (C=O) groups is 5. The minimum Gasteiger partial charge on any atom is -0.478 e. The first kappa shape index (κ1) is 26.2. The summed E-state index contributed by atoms with van der Waals surface area (Å²) in [5.41, 5.74) is -0.553. The molecule has 0 saturated heterocycles. The van der Waals surface area contributed by atoms with Gasteiger partial charge < -0.3 is 25.5 Å². The fourth-order valence-corrected chi connectivity index (χ4v) is 3.96. The monoisotopic (exact) mass is 527 g/mol. The van der Waals surface area contributed by atoms with Crippen LogP contribution >= 0.6 is 0 Å². The first-order valence-corrected chi connectivity index (χ1v) is 11.0. The van der Waals surface area contributed by atoms with Crippen LogP contribution in [0.15, 0.2) is 72.8 Å². The molecule has 0 atom stereocenters. The van der Waals surface area contributed by atoms with Crippen LogP contribution in [0.5, 0.6) is 0 Å². The van der Waals surface area contributed by atoms with E-state index in [2.05, 4.69) is 4.98 Å². The van der Waals surface area contributed by atoms with Gasteiger partial charge in [0, 0.05) is 11.1 Å². The van der Waals surface area contributed by atoms with Crippen LogP contribution in [-0.2, 0) is 0 Å². The number of rotatable bonds is 8. The first-order valence-electron chi connectivity index (χ1n) is 11.0. The summed E-state index contributed by atoms with van der Waals surface area (Å²) in [6, 6.07) is 15.5. The van der Waals surface area contributed by atoms with Gasteiger partial charge >= 0.3 is 29.8 Å². The van der Waals surface area contributed by atoms with Crippen LogP contribution in [0.3, 0.4) is 0 Å². The maximum atomic E-state index is 12.0. The van der Waals surface area contributed by atoms with E-state index in [9.17, 15) is 49.5 Å². The molecule has 0 radical (unpaired) electrons. The van der Waals surface area contributed by atoms with Crippen molar-refractivity contribution >= 4 is 29.8 Å². The number of carboxylic acid groups (broad SMARTS) is 5. The lowest BCUT2D eigenvalue weighted by Crippen LogP contribution is -2.07. The van der Waals surface area contributed by atoms with E-state index in [1.807, 2.05) is 0 Å². The third-order valence-electron chi connectivity index (χ3n) is 5.81. The highest BCUT2D eigenvalue weighted by Crippen LogP contribution is 2.34. The zero-order chi connectivity index (χ0) is 28.4. The quantitative estimate of drug-likeness (QED) is 0.215. The van der Waals surface area contributed by atoms with E-state index >= 15 is 0 Å². The molecule has 11 heteroatoms. The van der Waals surface area contributed by atoms with Gasteiger partial charge in [0.25, 0.3) is 0 Å². The van der Waals surface area contributed by atoms with Gasteiger partial charge in [-0.15, -0.1) is 0 Å². The van der Waals surface area contributed by atoms with Crippen molar-refractivity contribution in [2.45, 2.75) is 0 Å². The highest BCUT2D eigenvalue weighted by Gasteiger charge is 2.21. The zero-order valence-electron chi connectivity index (χ0n) is 19.7. The largest absolute Gasteiger partial charge is 0.478 e. The third-order valence-corrected chi connectivity index (χ3v) is 5.81. The van der Waals surface area contributed by atoms with Crippen molar-refractivity contribution < 1.29 is 49.5 Å². The number of nitrogens with zero attached hydrogens (tertiary/aromatic N) is 1. The molecule has 0 aliphatic rings. The van der Waals surface area contributed by atoms with Crippen LogP contribution in [0.4, 0.5) is 0 Å². The third kappa shape index (κ3) is 5.32. The Hall–Kier alpha value is -5.84. The van der Waals surface area contributed by atoms with Crippen molar-refractivity contribution in [2.75, 3.05) is 0 Å². The lowest BCUT2D eigenvalue weighted by molar-refractivity contribution is 0.0677. The smallest absolute Gasteiger partial charge is 0.336 e. The van der Waals surface area contributed by atoms with Gasteiger partial charge in [-0.1, -0.05) is 24.3 Å². The van der Waals surface area contributed by atoms with Crippen LogP contribution in [0.2, 0.25) is 0 Å². The maximum Gasteiger partial charge on any atom is 0.336 e. The molecule has 11 nitrogen and oxygen atoms in total. The van der Waals surface area contributed by atoms with E-state index < -0.39 is 29.8 Å². The van der Waals surface area contributed by atoms with Crippen molar-refractivity contribution in [1.82, 2.24) is 4.98 Å². The summed E-state index contributed by atoms with van der Waals surface area (Å²) >= 11 is 0. The Morgan fingerprint density at radius 1 is 0.462 bits per heavy atom. The number of pyridine rings is 1. The fourth-order valence-electron chi connectivity index (χ4n) is 3.96. The highest BCUT2D eigenvalue weighted by atomic mass is 16.4. The van der Waals surface area contributed by atoms with Crippen LogP contribution in [0.25, 0.3) is 33.6 Å². The van der Waals surface area contributed by atoms with E-state index in [0.717, 1.165) is 12.1 Å². The minimum absolute atomic E-state index is 0.0176.